The van der Waals surface area contributed by atoms with Crippen molar-refractivity contribution in [2.24, 2.45) is 5.10 Å². The van der Waals surface area contributed by atoms with Crippen molar-refractivity contribution in [1.29, 1.82) is 0 Å². The summed E-state index contributed by atoms with van der Waals surface area (Å²) in [6.07, 6.45) is 0.365. The van der Waals surface area contributed by atoms with Crippen LogP contribution in [0, 0.1) is 6.92 Å². The van der Waals surface area contributed by atoms with E-state index in [0.29, 0.717) is 17.7 Å². The van der Waals surface area contributed by atoms with E-state index in [9.17, 15) is 5.11 Å². The summed E-state index contributed by atoms with van der Waals surface area (Å²) in [5, 5.41) is 17.4. The van der Waals surface area contributed by atoms with Crippen molar-refractivity contribution in [3.8, 4) is 17.2 Å². The van der Waals surface area contributed by atoms with Gasteiger partial charge in [-0.25, -0.2) is 5.01 Å². The Bertz CT molecular complexity index is 1090. The van der Waals surface area contributed by atoms with Crippen LogP contribution in [-0.4, -0.2) is 22.9 Å². The second-order valence-electron chi connectivity index (χ2n) is 7.45. The van der Waals surface area contributed by atoms with E-state index in [1.165, 1.54) is 5.56 Å². The number of methoxy groups -OCH3 is 1. The molecule has 2 unspecified atom stereocenters. The van der Waals surface area contributed by atoms with Crippen molar-refractivity contribution in [3.63, 3.8) is 0 Å². The highest BCUT2D eigenvalue weighted by Gasteiger charge is 2.41. The van der Waals surface area contributed by atoms with E-state index in [-0.39, 0.29) is 18.0 Å². The highest BCUT2D eigenvalue weighted by molar-refractivity contribution is 6.04. The summed E-state index contributed by atoms with van der Waals surface area (Å²) in [4.78, 5) is 0. The zero-order valence-electron chi connectivity index (χ0n) is 16.4. The monoisotopic (exact) mass is 386 g/mol. The van der Waals surface area contributed by atoms with Gasteiger partial charge in [0.05, 0.1) is 18.9 Å². The molecule has 0 aromatic heterocycles. The molecule has 1 N–H and O–H groups in total. The Morgan fingerprint density at radius 3 is 2.66 bits per heavy atom. The van der Waals surface area contributed by atoms with Crippen LogP contribution in [0.5, 0.6) is 17.2 Å². The van der Waals surface area contributed by atoms with Gasteiger partial charge >= 0.3 is 0 Å². The molecule has 29 heavy (non-hydrogen) atoms. The lowest BCUT2D eigenvalue weighted by atomic mass is 9.95. The summed E-state index contributed by atoms with van der Waals surface area (Å²) < 4.78 is 11.7. The zero-order valence-corrected chi connectivity index (χ0v) is 16.4. The molecule has 2 aliphatic heterocycles. The predicted octanol–water partition coefficient (Wildman–Crippen LogP) is 4.95. The second kappa shape index (κ2) is 6.85. The number of rotatable bonds is 3. The number of aromatic hydroxyl groups is 1. The Morgan fingerprint density at radius 1 is 1.07 bits per heavy atom. The van der Waals surface area contributed by atoms with Gasteiger partial charge in [0, 0.05) is 23.1 Å². The molecular weight excluding hydrogens is 364 g/mol. The lowest BCUT2D eigenvalue weighted by Crippen LogP contribution is -2.33. The molecule has 2 heterocycles. The van der Waals surface area contributed by atoms with Crippen molar-refractivity contribution in [2.75, 3.05) is 7.11 Å². The zero-order chi connectivity index (χ0) is 20.0. The van der Waals surface area contributed by atoms with Crippen molar-refractivity contribution in [1.82, 2.24) is 5.01 Å². The molecule has 5 nitrogen and oxygen atoms in total. The average Bonchev–Trinajstić information content (AvgIpc) is 3.20. The molecule has 3 aromatic carbocycles. The van der Waals surface area contributed by atoms with E-state index in [1.54, 1.807) is 19.2 Å². The summed E-state index contributed by atoms with van der Waals surface area (Å²) in [5.74, 6) is 1.77. The lowest BCUT2D eigenvalue weighted by molar-refractivity contribution is -0.0190. The van der Waals surface area contributed by atoms with Crippen LogP contribution < -0.4 is 9.47 Å². The van der Waals surface area contributed by atoms with E-state index in [2.05, 4.69) is 37.3 Å². The van der Waals surface area contributed by atoms with E-state index in [1.807, 2.05) is 29.3 Å². The van der Waals surface area contributed by atoms with Crippen molar-refractivity contribution >= 4 is 5.71 Å². The Kier molecular flexibility index (Phi) is 4.16. The summed E-state index contributed by atoms with van der Waals surface area (Å²) in [6.45, 7) is 2.07. The van der Waals surface area contributed by atoms with Gasteiger partial charge in [0.1, 0.15) is 17.2 Å². The molecule has 0 aliphatic carbocycles. The molecule has 5 rings (SSSR count). The van der Waals surface area contributed by atoms with Gasteiger partial charge in [-0.05, 0) is 31.2 Å². The van der Waals surface area contributed by atoms with E-state index in [0.717, 1.165) is 22.6 Å². The number of para-hydroxylation sites is 1. The lowest BCUT2D eigenvalue weighted by Gasteiger charge is -2.38. The van der Waals surface area contributed by atoms with Gasteiger partial charge in [-0.3, -0.25) is 0 Å². The van der Waals surface area contributed by atoms with Crippen LogP contribution in [0.4, 0.5) is 0 Å². The van der Waals surface area contributed by atoms with Crippen LogP contribution in [-0.2, 0) is 0 Å². The molecule has 0 spiro atoms. The summed E-state index contributed by atoms with van der Waals surface area (Å²) in [6, 6.07) is 21.7. The first-order valence-corrected chi connectivity index (χ1v) is 9.69. The van der Waals surface area contributed by atoms with Gasteiger partial charge < -0.3 is 14.6 Å². The van der Waals surface area contributed by atoms with Crippen molar-refractivity contribution < 1.29 is 14.6 Å². The molecule has 0 amide bonds. The highest BCUT2D eigenvalue weighted by Crippen LogP contribution is 2.48. The Hall–Kier alpha value is -3.47. The minimum atomic E-state index is -0.319. The molecule has 2 atom stereocenters. The number of phenolic OH excluding ortho intramolecular Hbond substituents is 1. The fourth-order valence-corrected chi connectivity index (χ4v) is 4.02. The van der Waals surface area contributed by atoms with Crippen LogP contribution in [0.3, 0.4) is 0 Å². The Balaban J connectivity index is 1.60. The smallest absolute Gasteiger partial charge is 0.213 e. The number of aryl methyl sites for hydroxylation is 1. The van der Waals surface area contributed by atoms with Crippen LogP contribution in [0.1, 0.15) is 40.9 Å². The van der Waals surface area contributed by atoms with Gasteiger partial charge in [-0.2, -0.15) is 5.10 Å². The fourth-order valence-electron chi connectivity index (χ4n) is 4.02. The third-order valence-electron chi connectivity index (χ3n) is 5.58. The number of hydrazone groups is 1. The molecule has 0 fully saturated rings. The third kappa shape index (κ3) is 2.99. The van der Waals surface area contributed by atoms with Crippen LogP contribution in [0.15, 0.2) is 71.8 Å². The minimum Gasteiger partial charge on any atom is -0.507 e. The molecule has 0 radical (unpaired) electrons. The highest BCUT2D eigenvalue weighted by atomic mass is 16.5. The third-order valence-corrected chi connectivity index (χ3v) is 5.58. The first-order chi connectivity index (χ1) is 14.1. The second-order valence-corrected chi connectivity index (χ2v) is 7.45. The van der Waals surface area contributed by atoms with Gasteiger partial charge in [-0.1, -0.05) is 48.0 Å². The first kappa shape index (κ1) is 17.6. The maximum atomic E-state index is 10.4. The summed E-state index contributed by atoms with van der Waals surface area (Å²) in [5.41, 5.74) is 4.88. The normalized spacial score (nSPS) is 19.8. The van der Waals surface area contributed by atoms with E-state index >= 15 is 0 Å². The van der Waals surface area contributed by atoms with Crippen molar-refractivity contribution in [2.45, 2.75) is 25.6 Å². The van der Waals surface area contributed by atoms with E-state index in [4.69, 9.17) is 14.6 Å². The number of ether oxygens (including phenoxy) is 2. The number of phenols is 1. The maximum Gasteiger partial charge on any atom is 0.213 e. The predicted molar refractivity (Wildman–Crippen MR) is 111 cm³/mol. The number of nitrogens with zero attached hydrogens (tertiary/aromatic N) is 2. The summed E-state index contributed by atoms with van der Waals surface area (Å²) >= 11 is 0. The Morgan fingerprint density at radius 2 is 1.86 bits per heavy atom. The molecule has 3 aromatic rings. The topological polar surface area (TPSA) is 54.3 Å². The molecule has 0 saturated heterocycles. The first-order valence-electron chi connectivity index (χ1n) is 9.69. The van der Waals surface area contributed by atoms with Crippen LogP contribution in [0.2, 0.25) is 0 Å². The number of hydrogen-bond donors (Lipinski definition) is 1. The van der Waals surface area contributed by atoms with Gasteiger partial charge in [0.15, 0.2) is 0 Å². The fraction of sp³-hybridized carbons (Fsp3) is 0.208. The van der Waals surface area contributed by atoms with E-state index < -0.39 is 0 Å². The van der Waals surface area contributed by atoms with Crippen LogP contribution in [0.25, 0.3) is 0 Å². The van der Waals surface area contributed by atoms with Crippen molar-refractivity contribution in [3.05, 3.63) is 89.0 Å². The molecule has 0 saturated carbocycles. The van der Waals surface area contributed by atoms with Gasteiger partial charge in [0.25, 0.3) is 0 Å². The quantitative estimate of drug-likeness (QED) is 0.692. The van der Waals surface area contributed by atoms with Gasteiger partial charge in [0.2, 0.25) is 6.23 Å². The molecular formula is C24H22N2O3. The SMILES string of the molecule is COc1ccc(O)c(C2=NN3C(C2)c2ccccc2OC3c2ccc(C)cc2)c1. The molecule has 2 aliphatic rings. The number of fused-ring (bicyclic) bond motifs is 3. The van der Waals surface area contributed by atoms with Gasteiger partial charge in [-0.15, -0.1) is 0 Å². The van der Waals surface area contributed by atoms with Crippen LogP contribution >= 0.6 is 0 Å². The average molecular weight is 386 g/mol. The number of hydrogen-bond acceptors (Lipinski definition) is 5. The molecule has 146 valence electrons. The minimum absolute atomic E-state index is 0.0480. The molecule has 5 heteroatoms. The Labute approximate surface area is 169 Å². The summed E-state index contributed by atoms with van der Waals surface area (Å²) in [7, 11) is 1.62. The number of benzene rings is 3. The molecule has 0 bridgehead atoms. The largest absolute Gasteiger partial charge is 0.507 e. The maximum absolute atomic E-state index is 10.4. The standard InChI is InChI=1S/C24H22N2O3/c1-15-7-9-16(10-8-15)24-26-21(18-5-3-4-6-23(18)29-24)14-20(25-26)19-13-17(28-2)11-12-22(19)27/h3-13,21,24,27H,14H2,1-2H3.